The first-order valence-electron chi connectivity index (χ1n) is 5.87. The molecule has 0 saturated carbocycles. The van der Waals surface area contributed by atoms with Gasteiger partial charge in [0.1, 0.15) is 0 Å². The number of hydrogen-bond donors (Lipinski definition) is 1. The molecule has 0 heterocycles. The molecule has 18 heavy (non-hydrogen) atoms. The largest absolute Gasteiger partial charge is 0.411 e. The van der Waals surface area contributed by atoms with Gasteiger partial charge in [0.05, 0.1) is 25.9 Å². The Hall–Kier alpha value is -1.65. The van der Waals surface area contributed by atoms with Crippen molar-refractivity contribution in [2.24, 2.45) is 5.16 Å². The molecule has 1 aromatic carbocycles. The number of ether oxygens (including phenoxy) is 2. The molecular formula is C14H19NO3. The van der Waals surface area contributed by atoms with E-state index in [1.165, 1.54) is 6.21 Å². The van der Waals surface area contributed by atoms with Crippen LogP contribution in [0.4, 0.5) is 0 Å². The van der Waals surface area contributed by atoms with Crippen molar-refractivity contribution in [3.63, 3.8) is 0 Å². The molecule has 1 rings (SSSR count). The fourth-order valence-corrected chi connectivity index (χ4v) is 1.44. The summed E-state index contributed by atoms with van der Waals surface area (Å²) >= 11 is 0. The van der Waals surface area contributed by atoms with Crippen LogP contribution in [0.25, 0.3) is 0 Å². The predicted octanol–water partition coefficient (Wildman–Crippen LogP) is 2.62. The molecule has 0 radical (unpaired) electrons. The summed E-state index contributed by atoms with van der Waals surface area (Å²) in [5, 5.41) is 11.4. The van der Waals surface area contributed by atoms with Gasteiger partial charge in [-0.3, -0.25) is 0 Å². The summed E-state index contributed by atoms with van der Waals surface area (Å²) in [6, 6.07) is 9.94. The zero-order valence-corrected chi connectivity index (χ0v) is 10.4. The lowest BCUT2D eigenvalue weighted by atomic mass is 10.2. The predicted molar refractivity (Wildman–Crippen MR) is 70.9 cm³/mol. The molecule has 0 bridgehead atoms. The number of nitrogens with zero attached hydrogens (tertiary/aromatic N) is 1. The van der Waals surface area contributed by atoms with E-state index in [4.69, 9.17) is 14.7 Å². The minimum Gasteiger partial charge on any atom is -0.411 e. The second-order valence-corrected chi connectivity index (χ2v) is 3.78. The SMILES string of the molecule is C=CCOC(C/C=N\O)COCc1ccccc1. The minimum absolute atomic E-state index is 0.123. The van der Waals surface area contributed by atoms with Gasteiger partial charge in [0, 0.05) is 12.6 Å². The summed E-state index contributed by atoms with van der Waals surface area (Å²) < 4.78 is 11.1. The van der Waals surface area contributed by atoms with Crippen molar-refractivity contribution in [1.29, 1.82) is 0 Å². The Bertz CT molecular complexity index is 351. The summed E-state index contributed by atoms with van der Waals surface area (Å²) in [5.74, 6) is 0. The van der Waals surface area contributed by atoms with E-state index in [-0.39, 0.29) is 6.10 Å². The molecule has 1 atom stereocenters. The van der Waals surface area contributed by atoms with Crippen LogP contribution in [0.15, 0.2) is 48.1 Å². The van der Waals surface area contributed by atoms with E-state index in [0.29, 0.717) is 26.2 Å². The van der Waals surface area contributed by atoms with Gasteiger partial charge in [0.2, 0.25) is 0 Å². The number of oxime groups is 1. The monoisotopic (exact) mass is 249 g/mol. The van der Waals surface area contributed by atoms with Crippen molar-refractivity contribution < 1.29 is 14.7 Å². The molecule has 4 nitrogen and oxygen atoms in total. The van der Waals surface area contributed by atoms with Crippen molar-refractivity contribution in [2.75, 3.05) is 13.2 Å². The Kier molecular flexibility index (Phi) is 7.52. The molecule has 0 saturated heterocycles. The van der Waals surface area contributed by atoms with Gasteiger partial charge in [-0.1, -0.05) is 36.4 Å². The third kappa shape index (κ3) is 6.18. The van der Waals surface area contributed by atoms with Crippen LogP contribution < -0.4 is 0 Å². The highest BCUT2D eigenvalue weighted by atomic mass is 16.5. The van der Waals surface area contributed by atoms with Gasteiger partial charge in [-0.2, -0.15) is 0 Å². The number of rotatable bonds is 9. The summed E-state index contributed by atoms with van der Waals surface area (Å²) in [6.07, 6.45) is 3.47. The summed E-state index contributed by atoms with van der Waals surface area (Å²) in [6.45, 7) is 5.05. The van der Waals surface area contributed by atoms with Crippen LogP contribution in [0.5, 0.6) is 0 Å². The molecule has 0 aromatic heterocycles. The molecule has 0 amide bonds. The van der Waals surface area contributed by atoms with Crippen molar-refractivity contribution in [1.82, 2.24) is 0 Å². The average molecular weight is 249 g/mol. The molecule has 0 aliphatic heterocycles. The van der Waals surface area contributed by atoms with Crippen molar-refractivity contribution >= 4 is 6.21 Å². The molecule has 1 N–H and O–H groups in total. The van der Waals surface area contributed by atoms with Crippen LogP contribution in [0, 0.1) is 0 Å². The van der Waals surface area contributed by atoms with Gasteiger partial charge in [-0.25, -0.2) is 0 Å². The molecule has 0 aliphatic rings. The van der Waals surface area contributed by atoms with Crippen molar-refractivity contribution in [3.05, 3.63) is 48.6 Å². The van der Waals surface area contributed by atoms with Crippen LogP contribution in [0.1, 0.15) is 12.0 Å². The lowest BCUT2D eigenvalue weighted by Crippen LogP contribution is -2.20. The molecule has 1 aromatic rings. The van der Waals surface area contributed by atoms with E-state index in [2.05, 4.69) is 11.7 Å². The third-order valence-electron chi connectivity index (χ3n) is 2.32. The number of benzene rings is 1. The Morgan fingerprint density at radius 2 is 2.11 bits per heavy atom. The zero-order chi connectivity index (χ0) is 13.1. The van der Waals surface area contributed by atoms with E-state index in [1.807, 2.05) is 30.3 Å². The standard InChI is InChI=1S/C14H19NO3/c1-2-10-18-14(8-9-15-16)12-17-11-13-6-4-3-5-7-13/h2-7,9,14,16H,1,8,10-12H2/b15-9-. The molecule has 1 unspecified atom stereocenters. The fourth-order valence-electron chi connectivity index (χ4n) is 1.44. The quantitative estimate of drug-likeness (QED) is 0.317. The molecule has 0 fully saturated rings. The van der Waals surface area contributed by atoms with E-state index >= 15 is 0 Å². The lowest BCUT2D eigenvalue weighted by Gasteiger charge is -2.15. The highest BCUT2D eigenvalue weighted by Gasteiger charge is 2.07. The molecule has 4 heteroatoms. The second kappa shape index (κ2) is 9.39. The van der Waals surface area contributed by atoms with Crippen LogP contribution in [-0.2, 0) is 16.1 Å². The van der Waals surface area contributed by atoms with Gasteiger partial charge in [-0.15, -0.1) is 11.7 Å². The van der Waals surface area contributed by atoms with Crippen molar-refractivity contribution in [3.8, 4) is 0 Å². The van der Waals surface area contributed by atoms with Gasteiger partial charge >= 0.3 is 0 Å². The second-order valence-electron chi connectivity index (χ2n) is 3.78. The maximum atomic E-state index is 8.40. The van der Waals surface area contributed by atoms with Crippen LogP contribution in [0.3, 0.4) is 0 Å². The number of hydrogen-bond acceptors (Lipinski definition) is 4. The first kappa shape index (κ1) is 14.4. The topological polar surface area (TPSA) is 51.0 Å². The van der Waals surface area contributed by atoms with Gasteiger partial charge in [-0.05, 0) is 5.56 Å². The van der Waals surface area contributed by atoms with E-state index in [9.17, 15) is 0 Å². The molecule has 0 spiro atoms. The highest BCUT2D eigenvalue weighted by Crippen LogP contribution is 2.04. The first-order chi connectivity index (χ1) is 8.86. The minimum atomic E-state index is -0.123. The Labute approximate surface area is 108 Å². The molecule has 0 aliphatic carbocycles. The lowest BCUT2D eigenvalue weighted by molar-refractivity contribution is -0.00706. The van der Waals surface area contributed by atoms with E-state index in [0.717, 1.165) is 5.56 Å². The molecule has 98 valence electrons. The Morgan fingerprint density at radius 1 is 1.33 bits per heavy atom. The first-order valence-corrected chi connectivity index (χ1v) is 5.87. The van der Waals surface area contributed by atoms with Gasteiger partial charge in [0.15, 0.2) is 0 Å². The van der Waals surface area contributed by atoms with Crippen molar-refractivity contribution in [2.45, 2.75) is 19.1 Å². The maximum Gasteiger partial charge on any atom is 0.0863 e. The third-order valence-corrected chi connectivity index (χ3v) is 2.32. The zero-order valence-electron chi connectivity index (χ0n) is 10.4. The maximum absolute atomic E-state index is 8.40. The summed E-state index contributed by atoms with van der Waals surface area (Å²) in [5.41, 5.74) is 1.12. The Balaban J connectivity index is 2.29. The summed E-state index contributed by atoms with van der Waals surface area (Å²) in [4.78, 5) is 0. The van der Waals surface area contributed by atoms with Crippen LogP contribution in [0.2, 0.25) is 0 Å². The Morgan fingerprint density at radius 3 is 2.78 bits per heavy atom. The van der Waals surface area contributed by atoms with E-state index in [1.54, 1.807) is 6.08 Å². The van der Waals surface area contributed by atoms with Crippen LogP contribution >= 0.6 is 0 Å². The summed E-state index contributed by atoms with van der Waals surface area (Å²) in [7, 11) is 0. The normalized spacial score (nSPS) is 12.7. The fraction of sp³-hybridized carbons (Fsp3) is 0.357. The average Bonchev–Trinajstić information content (AvgIpc) is 2.42. The van der Waals surface area contributed by atoms with Gasteiger partial charge in [0.25, 0.3) is 0 Å². The van der Waals surface area contributed by atoms with E-state index < -0.39 is 0 Å². The smallest absolute Gasteiger partial charge is 0.0863 e. The van der Waals surface area contributed by atoms with Crippen LogP contribution in [-0.4, -0.2) is 30.7 Å². The highest BCUT2D eigenvalue weighted by molar-refractivity contribution is 5.56. The molecular weight excluding hydrogens is 230 g/mol. The van der Waals surface area contributed by atoms with Gasteiger partial charge < -0.3 is 14.7 Å².